The Hall–Kier alpha value is -0.160. The monoisotopic (exact) mass is 127 g/mol. The fourth-order valence-electron chi connectivity index (χ4n) is 0.890. The molecule has 1 nitrogen and oxygen atoms in total. The molecule has 0 saturated carbocycles. The predicted molar refractivity (Wildman–Crippen MR) is 36.9 cm³/mol. The van der Waals surface area contributed by atoms with Gasteiger partial charge in [0.05, 0.1) is 5.25 Å². The molecule has 1 aliphatic heterocycles. The van der Waals surface area contributed by atoms with Gasteiger partial charge in [-0.05, 0) is 18.6 Å². The van der Waals surface area contributed by atoms with Crippen LogP contribution in [0, 0.1) is 6.57 Å². The summed E-state index contributed by atoms with van der Waals surface area (Å²) >= 11 is 1.95. The van der Waals surface area contributed by atoms with Crippen LogP contribution < -0.4 is 0 Å². The zero-order valence-electron chi connectivity index (χ0n) is 4.76. The maximum absolute atomic E-state index is 6.58. The quantitative estimate of drug-likeness (QED) is 0.486. The van der Waals surface area contributed by atoms with Crippen molar-refractivity contribution in [2.75, 3.05) is 12.3 Å². The van der Waals surface area contributed by atoms with Gasteiger partial charge in [-0.25, -0.2) is 6.57 Å². The standard InChI is InChI=1S/C6H9NS/c1-7-5-6-3-2-4-8-6/h6H,2-5H2. The summed E-state index contributed by atoms with van der Waals surface area (Å²) in [6, 6.07) is 0. The molecule has 0 spiro atoms. The van der Waals surface area contributed by atoms with Crippen molar-refractivity contribution < 1.29 is 0 Å². The van der Waals surface area contributed by atoms with E-state index in [-0.39, 0.29) is 0 Å². The van der Waals surface area contributed by atoms with Crippen molar-refractivity contribution in [2.45, 2.75) is 18.1 Å². The van der Waals surface area contributed by atoms with Crippen molar-refractivity contribution in [2.24, 2.45) is 0 Å². The number of nitrogens with zero attached hydrogens (tertiary/aromatic N) is 1. The fraction of sp³-hybridized carbons (Fsp3) is 0.833. The number of hydrogen-bond acceptors (Lipinski definition) is 1. The Morgan fingerprint density at radius 2 is 2.62 bits per heavy atom. The molecule has 2 heteroatoms. The van der Waals surface area contributed by atoms with Crippen molar-refractivity contribution in [3.05, 3.63) is 11.4 Å². The lowest BCUT2D eigenvalue weighted by molar-refractivity contribution is 0.822. The highest BCUT2D eigenvalue weighted by Crippen LogP contribution is 2.25. The number of hydrogen-bond donors (Lipinski definition) is 0. The van der Waals surface area contributed by atoms with Crippen LogP contribution in [0.4, 0.5) is 0 Å². The molecule has 1 fully saturated rings. The average molecular weight is 127 g/mol. The van der Waals surface area contributed by atoms with E-state index in [4.69, 9.17) is 6.57 Å². The summed E-state index contributed by atoms with van der Waals surface area (Å²) in [6.07, 6.45) is 2.60. The minimum Gasteiger partial charge on any atom is -0.316 e. The maximum atomic E-state index is 6.58. The van der Waals surface area contributed by atoms with Crippen LogP contribution in [0.2, 0.25) is 0 Å². The Kier molecular flexibility index (Phi) is 2.23. The van der Waals surface area contributed by atoms with Crippen LogP contribution in [0.1, 0.15) is 12.8 Å². The van der Waals surface area contributed by atoms with Crippen LogP contribution in [0.15, 0.2) is 0 Å². The Bertz CT molecular complexity index is 99.6. The molecule has 1 rings (SSSR count). The molecule has 0 amide bonds. The zero-order valence-corrected chi connectivity index (χ0v) is 5.58. The van der Waals surface area contributed by atoms with Gasteiger partial charge in [-0.2, -0.15) is 11.8 Å². The first-order valence-corrected chi connectivity index (χ1v) is 3.93. The molecular formula is C6H9NS. The van der Waals surface area contributed by atoms with Crippen molar-refractivity contribution in [3.63, 3.8) is 0 Å². The van der Waals surface area contributed by atoms with E-state index in [1.165, 1.54) is 18.6 Å². The molecule has 1 atom stereocenters. The molecule has 8 heavy (non-hydrogen) atoms. The second-order valence-corrected chi connectivity index (χ2v) is 3.38. The summed E-state index contributed by atoms with van der Waals surface area (Å²) in [4.78, 5) is 3.35. The first-order valence-electron chi connectivity index (χ1n) is 2.88. The van der Waals surface area contributed by atoms with Gasteiger partial charge in [0, 0.05) is 0 Å². The molecule has 1 heterocycles. The summed E-state index contributed by atoms with van der Waals surface area (Å²) in [7, 11) is 0. The summed E-state index contributed by atoms with van der Waals surface area (Å²) in [5.74, 6) is 1.28. The van der Waals surface area contributed by atoms with Crippen molar-refractivity contribution in [1.82, 2.24) is 0 Å². The zero-order chi connectivity index (χ0) is 5.82. The van der Waals surface area contributed by atoms with Gasteiger partial charge in [0.1, 0.15) is 0 Å². The van der Waals surface area contributed by atoms with Gasteiger partial charge in [-0.3, -0.25) is 0 Å². The van der Waals surface area contributed by atoms with E-state index in [1.54, 1.807) is 0 Å². The van der Waals surface area contributed by atoms with Crippen molar-refractivity contribution in [1.29, 1.82) is 0 Å². The lowest BCUT2D eigenvalue weighted by Gasteiger charge is -1.94. The Labute approximate surface area is 54.3 Å². The van der Waals surface area contributed by atoms with Crippen LogP contribution >= 0.6 is 11.8 Å². The minimum absolute atomic E-state index is 0.674. The fourth-order valence-corrected chi connectivity index (χ4v) is 2.07. The van der Waals surface area contributed by atoms with Crippen LogP contribution in [-0.2, 0) is 0 Å². The van der Waals surface area contributed by atoms with E-state index >= 15 is 0 Å². The topological polar surface area (TPSA) is 4.36 Å². The number of thioether (sulfide) groups is 1. The van der Waals surface area contributed by atoms with Gasteiger partial charge < -0.3 is 4.85 Å². The molecule has 0 aromatic carbocycles. The Morgan fingerprint density at radius 3 is 3.12 bits per heavy atom. The van der Waals surface area contributed by atoms with E-state index in [1.807, 2.05) is 11.8 Å². The third kappa shape index (κ3) is 1.41. The highest BCUT2D eigenvalue weighted by molar-refractivity contribution is 8.00. The van der Waals surface area contributed by atoms with E-state index in [0.29, 0.717) is 5.25 Å². The molecule has 0 aromatic rings. The van der Waals surface area contributed by atoms with Gasteiger partial charge in [0.2, 0.25) is 6.54 Å². The molecule has 0 radical (unpaired) electrons. The first-order chi connectivity index (χ1) is 3.93. The normalized spacial score (nSPS) is 27.6. The third-order valence-corrected chi connectivity index (χ3v) is 2.70. The van der Waals surface area contributed by atoms with Crippen LogP contribution in [0.25, 0.3) is 4.85 Å². The molecule has 0 aliphatic carbocycles. The molecule has 1 aliphatic rings. The molecule has 1 saturated heterocycles. The molecular weight excluding hydrogens is 118 g/mol. The second-order valence-electron chi connectivity index (χ2n) is 1.98. The van der Waals surface area contributed by atoms with Gasteiger partial charge in [-0.1, -0.05) is 0 Å². The van der Waals surface area contributed by atoms with E-state index in [2.05, 4.69) is 4.85 Å². The summed E-state index contributed by atoms with van der Waals surface area (Å²) in [5, 5.41) is 0.674. The lowest BCUT2D eigenvalue weighted by atomic mass is 10.2. The minimum atomic E-state index is 0.674. The lowest BCUT2D eigenvalue weighted by Crippen LogP contribution is -1.97. The van der Waals surface area contributed by atoms with Crippen LogP contribution in [-0.4, -0.2) is 17.5 Å². The number of rotatable bonds is 1. The third-order valence-electron chi connectivity index (χ3n) is 1.32. The van der Waals surface area contributed by atoms with Gasteiger partial charge in [0.15, 0.2) is 0 Å². The molecule has 44 valence electrons. The predicted octanol–water partition coefficient (Wildman–Crippen LogP) is 1.80. The molecule has 0 aromatic heterocycles. The van der Waals surface area contributed by atoms with Gasteiger partial charge in [0.25, 0.3) is 0 Å². The Balaban J connectivity index is 2.17. The van der Waals surface area contributed by atoms with Crippen molar-refractivity contribution >= 4 is 11.8 Å². The summed E-state index contributed by atoms with van der Waals surface area (Å²) < 4.78 is 0. The van der Waals surface area contributed by atoms with E-state index in [9.17, 15) is 0 Å². The molecule has 1 unspecified atom stereocenters. The SMILES string of the molecule is [C-]#[N+]CC1CCCS1. The highest BCUT2D eigenvalue weighted by atomic mass is 32.2. The Morgan fingerprint density at radius 1 is 1.75 bits per heavy atom. The van der Waals surface area contributed by atoms with Gasteiger partial charge in [-0.15, -0.1) is 0 Å². The van der Waals surface area contributed by atoms with E-state index in [0.717, 1.165) is 6.54 Å². The van der Waals surface area contributed by atoms with Crippen LogP contribution in [0.3, 0.4) is 0 Å². The van der Waals surface area contributed by atoms with E-state index < -0.39 is 0 Å². The second kappa shape index (κ2) is 2.99. The smallest absolute Gasteiger partial charge is 0.226 e. The molecule has 0 bridgehead atoms. The van der Waals surface area contributed by atoms with Gasteiger partial charge >= 0.3 is 0 Å². The average Bonchev–Trinajstić information content (AvgIpc) is 2.19. The van der Waals surface area contributed by atoms with Crippen molar-refractivity contribution in [3.8, 4) is 0 Å². The summed E-state index contributed by atoms with van der Waals surface area (Å²) in [5.41, 5.74) is 0. The highest BCUT2D eigenvalue weighted by Gasteiger charge is 2.16. The van der Waals surface area contributed by atoms with Crippen LogP contribution in [0.5, 0.6) is 0 Å². The largest absolute Gasteiger partial charge is 0.316 e. The first kappa shape index (κ1) is 5.97. The maximum Gasteiger partial charge on any atom is 0.226 e. The molecule has 0 N–H and O–H groups in total. The summed E-state index contributed by atoms with van der Waals surface area (Å²) in [6.45, 7) is 7.32.